The zero-order valence-corrected chi connectivity index (χ0v) is 10.4. The van der Waals surface area contributed by atoms with E-state index in [-0.39, 0.29) is 11.9 Å². The second kappa shape index (κ2) is 4.90. The van der Waals surface area contributed by atoms with E-state index in [1.807, 2.05) is 19.1 Å². The molecule has 1 atom stereocenters. The summed E-state index contributed by atoms with van der Waals surface area (Å²) < 4.78 is 19.3. The Balaban J connectivity index is 2.45. The molecule has 1 aromatic carbocycles. The lowest BCUT2D eigenvalue weighted by molar-refractivity contribution is 0.436. The van der Waals surface area contributed by atoms with E-state index < -0.39 is 0 Å². The van der Waals surface area contributed by atoms with E-state index in [1.165, 1.54) is 12.1 Å². The normalized spacial score (nSPS) is 12.7. The highest BCUT2D eigenvalue weighted by molar-refractivity contribution is 6.30. The van der Waals surface area contributed by atoms with Gasteiger partial charge in [0.1, 0.15) is 17.3 Å². The maximum absolute atomic E-state index is 13.8. The smallest absolute Gasteiger partial charge is 0.128 e. The van der Waals surface area contributed by atoms with Crippen molar-refractivity contribution in [3.63, 3.8) is 0 Å². The standard InChI is InChI=1S/C13H13ClFNO/c1-8-3-6-12(17-8)13(16-2)10-7-9(14)4-5-11(10)15/h3-7,13,16H,1-2H3. The van der Waals surface area contributed by atoms with Crippen molar-refractivity contribution in [2.45, 2.75) is 13.0 Å². The molecule has 1 aromatic heterocycles. The predicted molar refractivity (Wildman–Crippen MR) is 65.8 cm³/mol. The van der Waals surface area contributed by atoms with E-state index in [9.17, 15) is 4.39 Å². The molecule has 0 aliphatic rings. The van der Waals surface area contributed by atoms with E-state index in [0.717, 1.165) is 5.76 Å². The van der Waals surface area contributed by atoms with E-state index in [2.05, 4.69) is 5.32 Å². The molecule has 0 amide bonds. The molecule has 2 rings (SSSR count). The van der Waals surface area contributed by atoms with Gasteiger partial charge in [-0.1, -0.05) is 11.6 Å². The fraction of sp³-hybridized carbons (Fsp3) is 0.231. The summed E-state index contributed by atoms with van der Waals surface area (Å²) in [6.45, 7) is 1.85. The number of nitrogens with one attached hydrogen (secondary N) is 1. The lowest BCUT2D eigenvalue weighted by atomic mass is 10.0. The molecule has 0 saturated carbocycles. The number of rotatable bonds is 3. The Kier molecular flexibility index (Phi) is 3.50. The number of hydrogen-bond acceptors (Lipinski definition) is 2. The first kappa shape index (κ1) is 12.1. The summed E-state index contributed by atoms with van der Waals surface area (Å²) in [5.41, 5.74) is 0.481. The second-order valence-corrected chi connectivity index (χ2v) is 4.27. The molecule has 1 N–H and O–H groups in total. The average Bonchev–Trinajstić information content (AvgIpc) is 2.71. The van der Waals surface area contributed by atoms with E-state index in [0.29, 0.717) is 16.3 Å². The maximum atomic E-state index is 13.8. The molecule has 0 saturated heterocycles. The molecule has 0 radical (unpaired) electrons. The molecule has 0 bridgehead atoms. The van der Waals surface area contributed by atoms with Crippen LogP contribution in [0.15, 0.2) is 34.7 Å². The van der Waals surface area contributed by atoms with Crippen LogP contribution in [0.25, 0.3) is 0 Å². The van der Waals surface area contributed by atoms with Crippen molar-refractivity contribution < 1.29 is 8.81 Å². The lowest BCUT2D eigenvalue weighted by Gasteiger charge is -2.15. The summed E-state index contributed by atoms with van der Waals surface area (Å²) in [5, 5.41) is 3.53. The molecule has 2 nitrogen and oxygen atoms in total. The monoisotopic (exact) mass is 253 g/mol. The maximum Gasteiger partial charge on any atom is 0.128 e. The minimum absolute atomic E-state index is 0.303. The minimum Gasteiger partial charge on any atom is -0.464 e. The Morgan fingerprint density at radius 2 is 2.06 bits per heavy atom. The van der Waals surface area contributed by atoms with Gasteiger partial charge in [-0.15, -0.1) is 0 Å². The minimum atomic E-state index is -0.331. The van der Waals surface area contributed by atoms with Gasteiger partial charge in [0.05, 0.1) is 6.04 Å². The zero-order valence-electron chi connectivity index (χ0n) is 9.63. The molecule has 2 aromatic rings. The quantitative estimate of drug-likeness (QED) is 0.903. The molecular formula is C13H13ClFNO. The number of halogens is 2. The van der Waals surface area contributed by atoms with Crippen molar-refractivity contribution in [1.82, 2.24) is 5.32 Å². The van der Waals surface area contributed by atoms with E-state index >= 15 is 0 Å². The van der Waals surface area contributed by atoms with Crippen LogP contribution in [0.3, 0.4) is 0 Å². The molecule has 0 spiro atoms. The Hall–Kier alpha value is -1.32. The third-order valence-electron chi connectivity index (χ3n) is 2.60. The van der Waals surface area contributed by atoms with Gasteiger partial charge in [-0.05, 0) is 44.3 Å². The molecule has 1 unspecified atom stereocenters. The zero-order chi connectivity index (χ0) is 12.4. The molecule has 17 heavy (non-hydrogen) atoms. The molecule has 1 heterocycles. The first-order valence-electron chi connectivity index (χ1n) is 5.30. The Bertz CT molecular complexity index is 524. The summed E-state index contributed by atoms with van der Waals surface area (Å²) >= 11 is 5.89. The van der Waals surface area contributed by atoms with E-state index in [1.54, 1.807) is 13.1 Å². The fourth-order valence-electron chi connectivity index (χ4n) is 1.80. The number of hydrogen-bond donors (Lipinski definition) is 1. The van der Waals surface area contributed by atoms with Gasteiger partial charge in [0.25, 0.3) is 0 Å². The van der Waals surface area contributed by atoms with Crippen LogP contribution in [0.4, 0.5) is 4.39 Å². The van der Waals surface area contributed by atoms with Crippen molar-refractivity contribution in [2.75, 3.05) is 7.05 Å². The highest BCUT2D eigenvalue weighted by Gasteiger charge is 2.19. The van der Waals surface area contributed by atoms with Crippen LogP contribution < -0.4 is 5.32 Å². The van der Waals surface area contributed by atoms with Crippen LogP contribution in [0.2, 0.25) is 5.02 Å². The van der Waals surface area contributed by atoms with Crippen molar-refractivity contribution in [3.05, 3.63) is 58.3 Å². The van der Waals surface area contributed by atoms with Gasteiger partial charge in [0.2, 0.25) is 0 Å². The van der Waals surface area contributed by atoms with Crippen molar-refractivity contribution in [1.29, 1.82) is 0 Å². The van der Waals surface area contributed by atoms with Crippen LogP contribution in [0.5, 0.6) is 0 Å². The van der Waals surface area contributed by atoms with Crippen molar-refractivity contribution in [2.24, 2.45) is 0 Å². The average molecular weight is 254 g/mol. The molecule has 4 heteroatoms. The fourth-order valence-corrected chi connectivity index (χ4v) is 1.98. The van der Waals surface area contributed by atoms with Crippen LogP contribution in [-0.4, -0.2) is 7.05 Å². The number of aryl methyl sites for hydroxylation is 1. The summed E-state index contributed by atoms with van der Waals surface area (Å²) in [5.74, 6) is 1.16. The van der Waals surface area contributed by atoms with Crippen LogP contribution in [-0.2, 0) is 0 Å². The first-order valence-corrected chi connectivity index (χ1v) is 5.68. The van der Waals surface area contributed by atoms with Crippen LogP contribution in [0, 0.1) is 12.7 Å². The second-order valence-electron chi connectivity index (χ2n) is 3.84. The topological polar surface area (TPSA) is 25.2 Å². The lowest BCUT2D eigenvalue weighted by Crippen LogP contribution is -2.18. The largest absolute Gasteiger partial charge is 0.464 e. The third-order valence-corrected chi connectivity index (χ3v) is 2.84. The summed E-state index contributed by atoms with van der Waals surface area (Å²) in [6.07, 6.45) is 0. The van der Waals surface area contributed by atoms with Gasteiger partial charge in [0.15, 0.2) is 0 Å². The summed E-state index contributed by atoms with van der Waals surface area (Å²) in [4.78, 5) is 0. The summed E-state index contributed by atoms with van der Waals surface area (Å²) in [7, 11) is 1.75. The van der Waals surface area contributed by atoms with Gasteiger partial charge in [-0.2, -0.15) is 0 Å². The van der Waals surface area contributed by atoms with Crippen molar-refractivity contribution >= 4 is 11.6 Å². The highest BCUT2D eigenvalue weighted by Crippen LogP contribution is 2.27. The van der Waals surface area contributed by atoms with Gasteiger partial charge in [0, 0.05) is 10.6 Å². The highest BCUT2D eigenvalue weighted by atomic mass is 35.5. The predicted octanol–water partition coefficient (Wildman–Crippen LogP) is 3.69. The van der Waals surface area contributed by atoms with E-state index in [4.69, 9.17) is 16.0 Å². The van der Waals surface area contributed by atoms with Crippen LogP contribution >= 0.6 is 11.6 Å². The SMILES string of the molecule is CNC(c1ccc(C)o1)c1cc(Cl)ccc1F. The van der Waals surface area contributed by atoms with Gasteiger partial charge >= 0.3 is 0 Å². The Labute approximate surface area is 104 Å². The van der Waals surface area contributed by atoms with Gasteiger partial charge < -0.3 is 9.73 Å². The van der Waals surface area contributed by atoms with Crippen molar-refractivity contribution in [3.8, 4) is 0 Å². The molecule has 90 valence electrons. The molecular weight excluding hydrogens is 241 g/mol. The number of furan rings is 1. The first-order chi connectivity index (χ1) is 8.11. The Morgan fingerprint density at radius 1 is 1.29 bits per heavy atom. The molecule has 0 fully saturated rings. The Morgan fingerprint density at radius 3 is 2.65 bits per heavy atom. The molecule has 0 aliphatic carbocycles. The summed E-state index contributed by atoms with van der Waals surface area (Å²) in [6, 6.07) is 7.84. The third kappa shape index (κ3) is 2.51. The van der Waals surface area contributed by atoms with Gasteiger partial charge in [-0.25, -0.2) is 4.39 Å². The number of benzene rings is 1. The van der Waals surface area contributed by atoms with Crippen LogP contribution in [0.1, 0.15) is 23.1 Å². The van der Waals surface area contributed by atoms with Gasteiger partial charge in [-0.3, -0.25) is 0 Å². The molecule has 0 aliphatic heterocycles.